The Kier molecular flexibility index (Phi) is 2.81. The van der Waals surface area contributed by atoms with Crippen LogP contribution in [0.3, 0.4) is 0 Å². The van der Waals surface area contributed by atoms with Crippen molar-refractivity contribution in [3.05, 3.63) is 0 Å². The number of carbonyl (C=O) groups excluding carboxylic acids is 2. The maximum atomic E-state index is 12.7. The van der Waals surface area contributed by atoms with Gasteiger partial charge in [0.15, 0.2) is 0 Å². The van der Waals surface area contributed by atoms with E-state index in [-0.39, 0.29) is 29.9 Å². The standard InChI is InChI=1S/C15H23N3O2/c1-9-14(19)16-13(10-2-3-10)15(20)18(9)12-6-7-17(8-12)11-4-5-11/h9-13H,2-8H2,1H3,(H,16,19). The maximum absolute atomic E-state index is 12.7. The lowest BCUT2D eigenvalue weighted by atomic mass is 10.0. The molecule has 2 amide bonds. The van der Waals surface area contributed by atoms with Crippen molar-refractivity contribution in [2.75, 3.05) is 13.1 Å². The van der Waals surface area contributed by atoms with Crippen molar-refractivity contribution in [2.45, 2.75) is 63.2 Å². The van der Waals surface area contributed by atoms with Crippen molar-refractivity contribution in [3.8, 4) is 0 Å². The van der Waals surface area contributed by atoms with E-state index in [0.29, 0.717) is 5.92 Å². The average molecular weight is 277 g/mol. The van der Waals surface area contributed by atoms with E-state index in [4.69, 9.17) is 0 Å². The molecule has 0 bridgehead atoms. The lowest BCUT2D eigenvalue weighted by molar-refractivity contribution is -0.151. The Labute approximate surface area is 119 Å². The summed E-state index contributed by atoms with van der Waals surface area (Å²) in [6.45, 7) is 3.92. The molecule has 0 aromatic carbocycles. The van der Waals surface area contributed by atoms with Crippen LogP contribution in [0.15, 0.2) is 0 Å². The number of rotatable bonds is 3. The summed E-state index contributed by atoms with van der Waals surface area (Å²) in [4.78, 5) is 29.3. The predicted octanol–water partition coefficient (Wildman–Crippen LogP) is 0.349. The number of hydrogen-bond donors (Lipinski definition) is 1. The summed E-state index contributed by atoms with van der Waals surface area (Å²) in [5.74, 6) is 0.594. The van der Waals surface area contributed by atoms with Gasteiger partial charge in [0.05, 0.1) is 0 Å². The van der Waals surface area contributed by atoms with Crippen molar-refractivity contribution >= 4 is 11.8 Å². The summed E-state index contributed by atoms with van der Waals surface area (Å²) in [5, 5.41) is 2.93. The van der Waals surface area contributed by atoms with Crippen LogP contribution in [0.4, 0.5) is 0 Å². The number of likely N-dealkylation sites (tertiary alicyclic amines) is 1. The minimum absolute atomic E-state index is 0.0337. The van der Waals surface area contributed by atoms with Gasteiger partial charge in [-0.15, -0.1) is 0 Å². The van der Waals surface area contributed by atoms with Crippen LogP contribution in [-0.4, -0.2) is 58.9 Å². The van der Waals surface area contributed by atoms with Gasteiger partial charge < -0.3 is 10.2 Å². The van der Waals surface area contributed by atoms with Gasteiger partial charge in [-0.3, -0.25) is 14.5 Å². The van der Waals surface area contributed by atoms with Crippen molar-refractivity contribution in [1.82, 2.24) is 15.1 Å². The largest absolute Gasteiger partial charge is 0.342 e. The van der Waals surface area contributed by atoms with E-state index in [2.05, 4.69) is 10.2 Å². The number of amides is 2. The monoisotopic (exact) mass is 277 g/mol. The third-order valence-corrected chi connectivity index (χ3v) is 5.36. The molecule has 2 aliphatic heterocycles. The molecule has 2 heterocycles. The molecule has 5 nitrogen and oxygen atoms in total. The van der Waals surface area contributed by atoms with E-state index in [1.54, 1.807) is 0 Å². The van der Waals surface area contributed by atoms with Crippen LogP contribution in [0.25, 0.3) is 0 Å². The Morgan fingerprint density at radius 1 is 1.05 bits per heavy atom. The second-order valence-corrected chi connectivity index (χ2v) is 6.91. The quantitative estimate of drug-likeness (QED) is 0.810. The number of hydrogen-bond acceptors (Lipinski definition) is 3. The minimum atomic E-state index is -0.304. The van der Waals surface area contributed by atoms with Gasteiger partial charge >= 0.3 is 0 Å². The van der Waals surface area contributed by atoms with E-state index < -0.39 is 0 Å². The molecule has 0 aromatic heterocycles. The van der Waals surface area contributed by atoms with E-state index in [9.17, 15) is 9.59 Å². The summed E-state index contributed by atoms with van der Waals surface area (Å²) in [6.07, 6.45) is 5.80. The molecule has 0 radical (unpaired) electrons. The van der Waals surface area contributed by atoms with Crippen molar-refractivity contribution in [3.63, 3.8) is 0 Å². The van der Waals surface area contributed by atoms with Crippen LogP contribution >= 0.6 is 0 Å². The Balaban J connectivity index is 1.51. The topological polar surface area (TPSA) is 52.7 Å². The smallest absolute Gasteiger partial charge is 0.246 e. The van der Waals surface area contributed by atoms with E-state index in [1.165, 1.54) is 12.8 Å². The summed E-state index contributed by atoms with van der Waals surface area (Å²) >= 11 is 0. The summed E-state index contributed by atoms with van der Waals surface area (Å²) in [5.41, 5.74) is 0. The first kappa shape index (κ1) is 12.6. The van der Waals surface area contributed by atoms with Gasteiger partial charge in [0.25, 0.3) is 0 Å². The fourth-order valence-electron chi connectivity index (χ4n) is 3.83. The zero-order valence-corrected chi connectivity index (χ0v) is 12.0. The molecular formula is C15H23N3O2. The lowest BCUT2D eigenvalue weighted by Gasteiger charge is -2.41. The number of piperazine rings is 1. The van der Waals surface area contributed by atoms with Gasteiger partial charge in [0.1, 0.15) is 12.1 Å². The van der Waals surface area contributed by atoms with Crippen molar-refractivity contribution in [2.24, 2.45) is 5.92 Å². The highest BCUT2D eigenvalue weighted by Crippen LogP contribution is 2.37. The van der Waals surface area contributed by atoms with Crippen molar-refractivity contribution < 1.29 is 9.59 Å². The molecule has 4 fully saturated rings. The molecule has 3 atom stereocenters. The highest BCUT2D eigenvalue weighted by Gasteiger charge is 2.49. The molecule has 1 N–H and O–H groups in total. The Bertz CT molecular complexity index is 444. The Hall–Kier alpha value is -1.10. The van der Waals surface area contributed by atoms with Gasteiger partial charge in [0.2, 0.25) is 11.8 Å². The molecule has 3 unspecified atom stereocenters. The molecule has 4 aliphatic rings. The SMILES string of the molecule is CC1C(=O)NC(C2CC2)C(=O)N1C1CCN(C2CC2)C1. The highest BCUT2D eigenvalue weighted by molar-refractivity contribution is 5.97. The van der Waals surface area contributed by atoms with Crippen LogP contribution in [0.2, 0.25) is 0 Å². The van der Waals surface area contributed by atoms with Gasteiger partial charge in [-0.05, 0) is 44.9 Å². The Morgan fingerprint density at radius 3 is 2.45 bits per heavy atom. The molecule has 20 heavy (non-hydrogen) atoms. The molecule has 2 aliphatic carbocycles. The molecule has 5 heteroatoms. The first-order valence-electron chi connectivity index (χ1n) is 8.02. The second-order valence-electron chi connectivity index (χ2n) is 6.91. The molecule has 2 saturated heterocycles. The first-order chi connectivity index (χ1) is 9.65. The van der Waals surface area contributed by atoms with E-state index in [1.807, 2.05) is 11.8 Å². The highest BCUT2D eigenvalue weighted by atomic mass is 16.2. The van der Waals surface area contributed by atoms with Gasteiger partial charge in [0, 0.05) is 25.2 Å². The lowest BCUT2D eigenvalue weighted by Crippen LogP contribution is -2.65. The zero-order chi connectivity index (χ0) is 13.9. The van der Waals surface area contributed by atoms with E-state index in [0.717, 1.165) is 38.4 Å². The third kappa shape index (κ3) is 2.03. The van der Waals surface area contributed by atoms with E-state index >= 15 is 0 Å². The van der Waals surface area contributed by atoms with Crippen LogP contribution in [0.1, 0.15) is 39.0 Å². The van der Waals surface area contributed by atoms with Gasteiger partial charge in [-0.1, -0.05) is 0 Å². The fourth-order valence-corrected chi connectivity index (χ4v) is 3.83. The number of nitrogens with zero attached hydrogens (tertiary/aromatic N) is 2. The first-order valence-corrected chi connectivity index (χ1v) is 8.02. The predicted molar refractivity (Wildman–Crippen MR) is 74.0 cm³/mol. The molecular weight excluding hydrogens is 254 g/mol. The van der Waals surface area contributed by atoms with Crippen molar-refractivity contribution in [1.29, 1.82) is 0 Å². The molecule has 110 valence electrons. The average Bonchev–Trinajstić information content (AvgIpc) is 3.34. The normalized spacial score (nSPS) is 39.2. The van der Waals surface area contributed by atoms with Gasteiger partial charge in [-0.25, -0.2) is 0 Å². The third-order valence-electron chi connectivity index (χ3n) is 5.36. The summed E-state index contributed by atoms with van der Waals surface area (Å²) in [7, 11) is 0. The van der Waals surface area contributed by atoms with Crippen LogP contribution in [0, 0.1) is 5.92 Å². The molecule has 0 spiro atoms. The Morgan fingerprint density at radius 2 is 1.80 bits per heavy atom. The van der Waals surface area contributed by atoms with Crippen LogP contribution < -0.4 is 5.32 Å². The minimum Gasteiger partial charge on any atom is -0.342 e. The molecule has 4 rings (SSSR count). The molecule has 0 aromatic rings. The maximum Gasteiger partial charge on any atom is 0.246 e. The summed E-state index contributed by atoms with van der Waals surface area (Å²) < 4.78 is 0. The zero-order valence-electron chi connectivity index (χ0n) is 12.0. The number of nitrogens with one attached hydrogen (secondary N) is 1. The van der Waals surface area contributed by atoms with Crippen LogP contribution in [-0.2, 0) is 9.59 Å². The van der Waals surface area contributed by atoms with Gasteiger partial charge in [-0.2, -0.15) is 0 Å². The van der Waals surface area contributed by atoms with Crippen LogP contribution in [0.5, 0.6) is 0 Å². The second kappa shape index (κ2) is 4.45. The molecule has 2 saturated carbocycles. The fraction of sp³-hybridized carbons (Fsp3) is 0.867. The summed E-state index contributed by atoms with van der Waals surface area (Å²) in [6, 6.07) is 0.448. The number of carbonyl (C=O) groups is 2.